The lowest BCUT2D eigenvalue weighted by molar-refractivity contribution is -0.123. The molecule has 1 amide bonds. The third-order valence-electron chi connectivity index (χ3n) is 4.78. The highest BCUT2D eigenvalue weighted by molar-refractivity contribution is 7.91. The van der Waals surface area contributed by atoms with Gasteiger partial charge in [-0.25, -0.2) is 8.42 Å². The number of hydrogen-bond donors (Lipinski definition) is 0. The Morgan fingerprint density at radius 2 is 1.78 bits per heavy atom. The molecular formula is C17H24N2O3S. The molecule has 2 heterocycles. The van der Waals surface area contributed by atoms with Crippen LogP contribution in [-0.2, 0) is 14.6 Å². The monoisotopic (exact) mass is 336 g/mol. The second-order valence-electron chi connectivity index (χ2n) is 6.49. The lowest BCUT2D eigenvalue weighted by Gasteiger charge is -2.43. The zero-order valence-electron chi connectivity index (χ0n) is 13.5. The summed E-state index contributed by atoms with van der Waals surface area (Å²) in [6, 6.07) is 9.10. The van der Waals surface area contributed by atoms with Crippen molar-refractivity contribution in [2.45, 2.75) is 38.3 Å². The van der Waals surface area contributed by atoms with E-state index < -0.39 is 9.84 Å². The van der Waals surface area contributed by atoms with Crippen molar-refractivity contribution in [2.24, 2.45) is 0 Å². The number of fused-ring (bicyclic) bond motifs is 1. The molecule has 0 spiro atoms. The highest BCUT2D eigenvalue weighted by atomic mass is 32.2. The molecule has 2 saturated heterocycles. The maximum Gasteiger partial charge on any atom is 0.241 e. The Balaban J connectivity index is 1.87. The number of amides is 1. The van der Waals surface area contributed by atoms with Crippen molar-refractivity contribution in [1.82, 2.24) is 4.90 Å². The number of carbonyl (C=O) groups is 1. The summed E-state index contributed by atoms with van der Waals surface area (Å²) >= 11 is 0. The van der Waals surface area contributed by atoms with Gasteiger partial charge in [0.15, 0.2) is 9.84 Å². The van der Waals surface area contributed by atoms with Crippen molar-refractivity contribution in [1.29, 1.82) is 0 Å². The zero-order valence-corrected chi connectivity index (χ0v) is 14.3. The van der Waals surface area contributed by atoms with Crippen LogP contribution in [0.2, 0.25) is 0 Å². The molecule has 2 aliphatic heterocycles. The predicted molar refractivity (Wildman–Crippen MR) is 91.3 cm³/mol. The maximum absolute atomic E-state index is 12.7. The molecular weight excluding hydrogens is 312 g/mol. The minimum atomic E-state index is -3.09. The summed E-state index contributed by atoms with van der Waals surface area (Å²) in [5, 5.41) is 0. The smallest absolute Gasteiger partial charge is 0.241 e. The number of para-hydroxylation sites is 1. The first kappa shape index (κ1) is 16.5. The Bertz CT molecular complexity index is 660. The van der Waals surface area contributed by atoms with E-state index in [2.05, 4.69) is 11.8 Å². The molecule has 2 atom stereocenters. The number of anilines is 1. The summed E-state index contributed by atoms with van der Waals surface area (Å²) in [5.74, 6) is 0.245. The molecule has 23 heavy (non-hydrogen) atoms. The molecule has 0 bridgehead atoms. The molecule has 3 rings (SSSR count). The Hall–Kier alpha value is -1.40. The number of piperazine rings is 1. The first-order chi connectivity index (χ1) is 11.0. The van der Waals surface area contributed by atoms with E-state index in [0.717, 1.165) is 31.5 Å². The number of carbonyl (C=O) groups excluding carboxylic acids is 1. The van der Waals surface area contributed by atoms with Crippen LogP contribution in [0.3, 0.4) is 0 Å². The topological polar surface area (TPSA) is 57.7 Å². The normalized spacial score (nSPS) is 27.2. The van der Waals surface area contributed by atoms with Crippen molar-refractivity contribution in [3.05, 3.63) is 30.3 Å². The Morgan fingerprint density at radius 3 is 2.48 bits per heavy atom. The number of rotatable bonds is 5. The van der Waals surface area contributed by atoms with Gasteiger partial charge in [0, 0.05) is 11.7 Å². The molecule has 2 aliphatic rings. The highest BCUT2D eigenvalue weighted by Gasteiger charge is 2.49. The van der Waals surface area contributed by atoms with Gasteiger partial charge in [-0.05, 0) is 25.1 Å². The minimum absolute atomic E-state index is 0.00560. The second kappa shape index (κ2) is 6.61. The molecule has 1 aromatic rings. The van der Waals surface area contributed by atoms with Crippen molar-refractivity contribution in [3.63, 3.8) is 0 Å². The van der Waals surface area contributed by atoms with E-state index in [0.29, 0.717) is 6.54 Å². The lowest BCUT2D eigenvalue weighted by atomic mass is 10.0. The molecule has 0 aromatic heterocycles. The van der Waals surface area contributed by atoms with E-state index in [1.165, 1.54) is 0 Å². The Morgan fingerprint density at radius 1 is 1.09 bits per heavy atom. The number of nitrogens with zero attached hydrogens (tertiary/aromatic N) is 2. The molecule has 0 aliphatic carbocycles. The highest BCUT2D eigenvalue weighted by Crippen LogP contribution is 2.31. The van der Waals surface area contributed by atoms with Crippen LogP contribution in [0.4, 0.5) is 5.69 Å². The largest absolute Gasteiger partial charge is 0.306 e. The van der Waals surface area contributed by atoms with Crippen LogP contribution in [0.5, 0.6) is 0 Å². The summed E-state index contributed by atoms with van der Waals surface area (Å²) in [5.41, 5.74) is 0.804. The first-order valence-electron chi connectivity index (χ1n) is 8.33. The van der Waals surface area contributed by atoms with Gasteiger partial charge < -0.3 is 4.90 Å². The fourth-order valence-electron chi connectivity index (χ4n) is 3.69. The van der Waals surface area contributed by atoms with Crippen LogP contribution in [0.1, 0.15) is 26.2 Å². The van der Waals surface area contributed by atoms with E-state index in [1.54, 1.807) is 4.90 Å². The lowest BCUT2D eigenvalue weighted by Crippen LogP contribution is -2.62. The van der Waals surface area contributed by atoms with Gasteiger partial charge in [-0.15, -0.1) is 0 Å². The first-order valence-corrected chi connectivity index (χ1v) is 10.2. The third-order valence-corrected chi connectivity index (χ3v) is 6.48. The number of benzene rings is 1. The molecule has 6 heteroatoms. The van der Waals surface area contributed by atoms with E-state index in [4.69, 9.17) is 0 Å². The van der Waals surface area contributed by atoms with Crippen LogP contribution < -0.4 is 4.90 Å². The van der Waals surface area contributed by atoms with Crippen molar-refractivity contribution >= 4 is 21.4 Å². The fraction of sp³-hybridized carbons (Fsp3) is 0.588. The summed E-state index contributed by atoms with van der Waals surface area (Å²) < 4.78 is 24.4. The van der Waals surface area contributed by atoms with Crippen molar-refractivity contribution in [2.75, 3.05) is 29.5 Å². The predicted octanol–water partition coefficient (Wildman–Crippen LogP) is 1.69. The van der Waals surface area contributed by atoms with E-state index in [1.807, 2.05) is 30.3 Å². The molecule has 2 unspecified atom stereocenters. The van der Waals surface area contributed by atoms with Crippen LogP contribution >= 0.6 is 0 Å². The van der Waals surface area contributed by atoms with Gasteiger partial charge in [-0.2, -0.15) is 0 Å². The molecule has 1 aromatic carbocycles. The standard InChI is InChI=1S/C17H24N2O3S/c1-2-3-7-10-18-11-17(20)19(14-8-5-4-6-9-14)16-13-23(21,22)12-15(16)18/h4-6,8-9,15-16H,2-3,7,10-13H2,1H3. The van der Waals surface area contributed by atoms with Gasteiger partial charge >= 0.3 is 0 Å². The van der Waals surface area contributed by atoms with Gasteiger partial charge in [0.1, 0.15) is 0 Å². The summed E-state index contributed by atoms with van der Waals surface area (Å²) in [4.78, 5) is 16.5. The summed E-state index contributed by atoms with van der Waals surface area (Å²) in [6.45, 7) is 3.26. The fourth-order valence-corrected chi connectivity index (χ4v) is 5.67. The molecule has 0 saturated carbocycles. The minimum Gasteiger partial charge on any atom is -0.306 e. The van der Waals surface area contributed by atoms with Crippen LogP contribution in [0.25, 0.3) is 0 Å². The third kappa shape index (κ3) is 3.43. The molecule has 2 fully saturated rings. The Labute approximate surface area is 138 Å². The summed E-state index contributed by atoms with van der Waals surface area (Å²) in [7, 11) is -3.09. The van der Waals surface area contributed by atoms with Gasteiger partial charge in [0.2, 0.25) is 5.91 Å². The molecule has 0 N–H and O–H groups in total. The van der Waals surface area contributed by atoms with Gasteiger partial charge in [0.25, 0.3) is 0 Å². The van der Waals surface area contributed by atoms with E-state index in [-0.39, 0.29) is 29.5 Å². The second-order valence-corrected chi connectivity index (χ2v) is 8.64. The zero-order chi connectivity index (χ0) is 16.4. The van der Waals surface area contributed by atoms with Crippen molar-refractivity contribution < 1.29 is 13.2 Å². The maximum atomic E-state index is 12.7. The summed E-state index contributed by atoms with van der Waals surface area (Å²) in [6.07, 6.45) is 3.24. The van der Waals surface area contributed by atoms with Gasteiger partial charge in [0.05, 0.1) is 24.1 Å². The van der Waals surface area contributed by atoms with Gasteiger partial charge in [-0.3, -0.25) is 9.69 Å². The number of sulfone groups is 1. The molecule has 0 radical (unpaired) electrons. The van der Waals surface area contributed by atoms with Crippen LogP contribution in [-0.4, -0.2) is 55.9 Å². The van der Waals surface area contributed by atoms with Crippen LogP contribution in [0, 0.1) is 0 Å². The van der Waals surface area contributed by atoms with Gasteiger partial charge in [-0.1, -0.05) is 38.0 Å². The molecule has 126 valence electrons. The average Bonchev–Trinajstić information content (AvgIpc) is 2.83. The SMILES string of the molecule is CCCCCN1CC(=O)N(c2ccccc2)C2CS(=O)(=O)CC21. The Kier molecular flexibility index (Phi) is 4.73. The number of hydrogen-bond acceptors (Lipinski definition) is 4. The van der Waals surface area contributed by atoms with E-state index >= 15 is 0 Å². The molecule has 5 nitrogen and oxygen atoms in total. The number of unbranched alkanes of at least 4 members (excludes halogenated alkanes) is 2. The average molecular weight is 336 g/mol. The van der Waals surface area contributed by atoms with E-state index in [9.17, 15) is 13.2 Å². The van der Waals surface area contributed by atoms with Crippen molar-refractivity contribution in [3.8, 4) is 0 Å². The quantitative estimate of drug-likeness (QED) is 0.768. The van der Waals surface area contributed by atoms with Crippen LogP contribution in [0.15, 0.2) is 30.3 Å².